The van der Waals surface area contributed by atoms with Crippen LogP contribution < -0.4 is 10.6 Å². The predicted molar refractivity (Wildman–Crippen MR) is 112 cm³/mol. The Morgan fingerprint density at radius 3 is 2.57 bits per heavy atom. The Balaban J connectivity index is 0.00000264. The van der Waals surface area contributed by atoms with E-state index in [2.05, 4.69) is 58.8 Å². The van der Waals surface area contributed by atoms with E-state index in [-0.39, 0.29) is 24.0 Å². The molecule has 2 heterocycles. The zero-order valence-electron chi connectivity index (χ0n) is 14.7. The lowest BCUT2D eigenvalue weighted by molar-refractivity contribution is 0.167. The first kappa shape index (κ1) is 20.7. The molecule has 0 bridgehead atoms. The standard InChI is InChI=1S/C17H30N4S.HI/c1-13(2)21-9-7-15(8-10-21)20-17(18-4)19-12-14(3)16-6-5-11-22-16;/h5-6,11,13-15H,7-10,12H2,1-4H3,(H2,18,19,20);1H. The lowest BCUT2D eigenvalue weighted by Gasteiger charge is -2.35. The number of nitrogens with one attached hydrogen (secondary N) is 2. The molecule has 1 aliphatic rings. The van der Waals surface area contributed by atoms with Crippen LogP contribution in [0, 0.1) is 0 Å². The first-order valence-corrected chi connectivity index (χ1v) is 9.22. The summed E-state index contributed by atoms with van der Waals surface area (Å²) in [6.07, 6.45) is 2.39. The summed E-state index contributed by atoms with van der Waals surface area (Å²) in [6.45, 7) is 10.1. The fourth-order valence-corrected chi connectivity index (χ4v) is 3.66. The molecule has 1 aliphatic heterocycles. The van der Waals surface area contributed by atoms with Crippen LogP contribution in [0.1, 0.15) is 44.4 Å². The SMILES string of the molecule is CN=C(NCC(C)c1cccs1)NC1CCN(C(C)C)CC1.I. The van der Waals surface area contributed by atoms with Gasteiger partial charge in [-0.15, -0.1) is 35.3 Å². The highest BCUT2D eigenvalue weighted by molar-refractivity contribution is 14.0. The number of nitrogens with zero attached hydrogens (tertiary/aromatic N) is 2. The fraction of sp³-hybridized carbons (Fsp3) is 0.706. The van der Waals surface area contributed by atoms with Crippen molar-refractivity contribution in [1.29, 1.82) is 0 Å². The van der Waals surface area contributed by atoms with Crippen molar-refractivity contribution in [3.8, 4) is 0 Å². The smallest absolute Gasteiger partial charge is 0.191 e. The molecule has 1 unspecified atom stereocenters. The molecule has 1 aromatic rings. The van der Waals surface area contributed by atoms with Crippen molar-refractivity contribution in [2.45, 2.75) is 51.6 Å². The summed E-state index contributed by atoms with van der Waals surface area (Å²) in [6, 6.07) is 5.52. The molecule has 2 N–H and O–H groups in total. The summed E-state index contributed by atoms with van der Waals surface area (Å²) < 4.78 is 0. The van der Waals surface area contributed by atoms with Gasteiger partial charge in [0.25, 0.3) is 0 Å². The Labute approximate surface area is 162 Å². The number of thiophene rings is 1. The molecular formula is C17H31IN4S. The maximum atomic E-state index is 4.37. The van der Waals surface area contributed by atoms with Crippen LogP contribution in [-0.4, -0.2) is 49.6 Å². The van der Waals surface area contributed by atoms with Crippen molar-refractivity contribution in [2.75, 3.05) is 26.7 Å². The minimum atomic E-state index is 0. The number of piperidine rings is 1. The summed E-state index contributed by atoms with van der Waals surface area (Å²) in [7, 11) is 1.86. The van der Waals surface area contributed by atoms with Crippen LogP contribution in [0.3, 0.4) is 0 Å². The summed E-state index contributed by atoms with van der Waals surface area (Å²) in [5.74, 6) is 1.45. The van der Waals surface area contributed by atoms with Crippen molar-refractivity contribution in [1.82, 2.24) is 15.5 Å². The lowest BCUT2D eigenvalue weighted by Crippen LogP contribution is -2.50. The Bertz CT molecular complexity index is 453. The van der Waals surface area contributed by atoms with Crippen LogP contribution in [0.4, 0.5) is 0 Å². The summed E-state index contributed by atoms with van der Waals surface area (Å²) in [5, 5.41) is 9.19. The second-order valence-electron chi connectivity index (χ2n) is 6.42. The van der Waals surface area contributed by atoms with Gasteiger partial charge >= 0.3 is 0 Å². The minimum Gasteiger partial charge on any atom is -0.356 e. The molecule has 1 saturated heterocycles. The molecule has 0 amide bonds. The van der Waals surface area contributed by atoms with E-state index in [1.807, 2.05) is 18.4 Å². The number of halogens is 1. The van der Waals surface area contributed by atoms with Gasteiger partial charge in [0.1, 0.15) is 0 Å². The molecule has 0 spiro atoms. The molecular weight excluding hydrogens is 419 g/mol. The summed E-state index contributed by atoms with van der Waals surface area (Å²) in [5.41, 5.74) is 0. The van der Waals surface area contributed by atoms with Crippen molar-refractivity contribution in [3.05, 3.63) is 22.4 Å². The van der Waals surface area contributed by atoms with Gasteiger partial charge in [0.2, 0.25) is 0 Å². The van der Waals surface area contributed by atoms with Crippen LogP contribution >= 0.6 is 35.3 Å². The summed E-state index contributed by atoms with van der Waals surface area (Å²) >= 11 is 1.82. The topological polar surface area (TPSA) is 39.7 Å². The molecule has 6 heteroatoms. The Morgan fingerprint density at radius 1 is 1.35 bits per heavy atom. The monoisotopic (exact) mass is 450 g/mol. The first-order valence-electron chi connectivity index (χ1n) is 8.34. The van der Waals surface area contributed by atoms with E-state index in [1.54, 1.807) is 0 Å². The molecule has 132 valence electrons. The minimum absolute atomic E-state index is 0. The number of rotatable bonds is 5. The predicted octanol–water partition coefficient (Wildman–Crippen LogP) is 3.51. The molecule has 1 atom stereocenters. The number of hydrogen-bond donors (Lipinski definition) is 2. The van der Waals surface area contributed by atoms with Gasteiger partial charge in [-0.1, -0.05) is 13.0 Å². The van der Waals surface area contributed by atoms with E-state index in [9.17, 15) is 0 Å². The maximum Gasteiger partial charge on any atom is 0.191 e. The quantitative estimate of drug-likeness (QED) is 0.410. The fourth-order valence-electron chi connectivity index (χ4n) is 2.87. The van der Waals surface area contributed by atoms with Crippen molar-refractivity contribution in [2.24, 2.45) is 4.99 Å². The zero-order valence-corrected chi connectivity index (χ0v) is 17.9. The van der Waals surface area contributed by atoms with E-state index in [0.29, 0.717) is 18.0 Å². The van der Waals surface area contributed by atoms with E-state index in [4.69, 9.17) is 0 Å². The van der Waals surface area contributed by atoms with Crippen LogP contribution in [0.5, 0.6) is 0 Å². The van der Waals surface area contributed by atoms with Crippen LogP contribution in [-0.2, 0) is 0 Å². The third kappa shape index (κ3) is 6.58. The van der Waals surface area contributed by atoms with E-state index in [1.165, 1.54) is 30.8 Å². The van der Waals surface area contributed by atoms with E-state index >= 15 is 0 Å². The van der Waals surface area contributed by atoms with E-state index < -0.39 is 0 Å². The van der Waals surface area contributed by atoms with Crippen LogP contribution in [0.15, 0.2) is 22.5 Å². The van der Waals surface area contributed by atoms with E-state index in [0.717, 1.165) is 12.5 Å². The average molecular weight is 450 g/mol. The molecule has 2 rings (SSSR count). The zero-order chi connectivity index (χ0) is 15.9. The number of likely N-dealkylation sites (tertiary alicyclic amines) is 1. The van der Waals surface area contributed by atoms with Crippen molar-refractivity contribution >= 4 is 41.3 Å². The van der Waals surface area contributed by atoms with Gasteiger partial charge in [-0.3, -0.25) is 4.99 Å². The largest absolute Gasteiger partial charge is 0.356 e. The average Bonchev–Trinajstić information content (AvgIpc) is 3.06. The Hall–Kier alpha value is -0.340. The van der Waals surface area contributed by atoms with Gasteiger partial charge in [0.05, 0.1) is 0 Å². The highest BCUT2D eigenvalue weighted by Crippen LogP contribution is 2.19. The Kier molecular flexibility index (Phi) is 9.46. The Morgan fingerprint density at radius 2 is 2.04 bits per heavy atom. The summed E-state index contributed by atoms with van der Waals surface area (Å²) in [4.78, 5) is 8.35. The number of hydrogen-bond acceptors (Lipinski definition) is 3. The number of aliphatic imine (C=N–C) groups is 1. The second-order valence-corrected chi connectivity index (χ2v) is 7.40. The second kappa shape index (κ2) is 10.5. The first-order chi connectivity index (χ1) is 10.6. The maximum absolute atomic E-state index is 4.37. The molecule has 1 aromatic heterocycles. The van der Waals surface area contributed by atoms with Gasteiger partial charge in [0, 0.05) is 49.6 Å². The highest BCUT2D eigenvalue weighted by atomic mass is 127. The van der Waals surface area contributed by atoms with Gasteiger partial charge in [-0.2, -0.15) is 0 Å². The molecule has 0 radical (unpaired) electrons. The van der Waals surface area contributed by atoms with Crippen LogP contribution in [0.2, 0.25) is 0 Å². The van der Waals surface area contributed by atoms with Crippen molar-refractivity contribution < 1.29 is 0 Å². The third-order valence-corrected chi connectivity index (χ3v) is 5.53. The third-order valence-electron chi connectivity index (χ3n) is 4.43. The van der Waals surface area contributed by atoms with Crippen LogP contribution in [0.25, 0.3) is 0 Å². The molecule has 23 heavy (non-hydrogen) atoms. The molecule has 1 fully saturated rings. The van der Waals surface area contributed by atoms with Gasteiger partial charge in [-0.25, -0.2) is 0 Å². The van der Waals surface area contributed by atoms with Gasteiger partial charge in [0.15, 0.2) is 5.96 Å². The molecule has 0 aliphatic carbocycles. The van der Waals surface area contributed by atoms with Crippen molar-refractivity contribution in [3.63, 3.8) is 0 Å². The molecule has 0 aromatic carbocycles. The lowest BCUT2D eigenvalue weighted by atomic mass is 10.0. The van der Waals surface area contributed by atoms with Gasteiger partial charge < -0.3 is 15.5 Å². The van der Waals surface area contributed by atoms with Gasteiger partial charge in [-0.05, 0) is 38.1 Å². The normalized spacial score (nSPS) is 18.6. The number of guanidine groups is 1. The molecule has 4 nitrogen and oxygen atoms in total. The highest BCUT2D eigenvalue weighted by Gasteiger charge is 2.21. The molecule has 0 saturated carbocycles.